The highest BCUT2D eigenvalue weighted by atomic mass is 16.4. The molecule has 4 rings (SSSR count). The number of rotatable bonds is 2. The van der Waals surface area contributed by atoms with Gasteiger partial charge in [0.15, 0.2) is 0 Å². The Hall–Kier alpha value is -0.570. The van der Waals surface area contributed by atoms with Crippen LogP contribution in [0.1, 0.15) is 79.1 Å². The Balaban J connectivity index is 1.64. The Morgan fingerprint density at radius 3 is 2.35 bits per heavy atom. The van der Waals surface area contributed by atoms with Gasteiger partial charge in [-0.05, 0) is 91.3 Å². The number of carboxylic acids is 1. The summed E-state index contributed by atoms with van der Waals surface area (Å²) >= 11 is 0. The number of aliphatic hydroxyl groups excluding tert-OH is 1. The number of fused-ring (bicyclic) bond motifs is 5. The zero-order chi connectivity index (χ0) is 18.9. The number of hydrogen-bond acceptors (Lipinski definition) is 2. The summed E-state index contributed by atoms with van der Waals surface area (Å²) in [5.74, 6) is 2.41. The van der Waals surface area contributed by atoms with Crippen molar-refractivity contribution in [2.75, 3.05) is 0 Å². The van der Waals surface area contributed by atoms with Crippen LogP contribution in [-0.4, -0.2) is 22.3 Å². The van der Waals surface area contributed by atoms with Gasteiger partial charge in [0, 0.05) is 0 Å². The van der Waals surface area contributed by atoms with Gasteiger partial charge in [0.25, 0.3) is 0 Å². The molecule has 0 aromatic carbocycles. The Morgan fingerprint density at radius 2 is 1.65 bits per heavy atom. The van der Waals surface area contributed by atoms with Crippen molar-refractivity contribution in [2.45, 2.75) is 85.2 Å². The van der Waals surface area contributed by atoms with Gasteiger partial charge in [0.2, 0.25) is 0 Å². The van der Waals surface area contributed by atoms with Crippen LogP contribution in [0.2, 0.25) is 0 Å². The minimum atomic E-state index is -0.642. The van der Waals surface area contributed by atoms with Gasteiger partial charge in [0.1, 0.15) is 0 Å². The zero-order valence-corrected chi connectivity index (χ0v) is 17.1. The molecule has 0 aromatic heterocycles. The lowest BCUT2D eigenvalue weighted by Gasteiger charge is -2.62. The largest absolute Gasteiger partial charge is 0.481 e. The van der Waals surface area contributed by atoms with Crippen molar-refractivity contribution < 1.29 is 15.0 Å². The summed E-state index contributed by atoms with van der Waals surface area (Å²) in [6, 6.07) is 0. The average molecular weight is 363 g/mol. The smallest absolute Gasteiger partial charge is 0.306 e. The molecule has 0 spiro atoms. The first kappa shape index (κ1) is 18.8. The second-order valence-electron chi connectivity index (χ2n) is 11.0. The normalized spacial score (nSPS) is 54.7. The molecule has 3 nitrogen and oxygen atoms in total. The molecule has 10 atom stereocenters. The number of hydrogen-bond donors (Lipinski definition) is 2. The molecule has 0 radical (unpaired) electrons. The van der Waals surface area contributed by atoms with Gasteiger partial charge < -0.3 is 10.2 Å². The lowest BCUT2D eigenvalue weighted by atomic mass is 9.43. The van der Waals surface area contributed by atoms with E-state index in [1.807, 2.05) is 6.92 Å². The first-order valence-electron chi connectivity index (χ1n) is 11.1. The molecule has 0 bridgehead atoms. The summed E-state index contributed by atoms with van der Waals surface area (Å²) in [5, 5.41) is 20.8. The molecule has 2 N–H and O–H groups in total. The summed E-state index contributed by atoms with van der Waals surface area (Å²) in [6.45, 7) is 9.17. The quantitative estimate of drug-likeness (QED) is 0.729. The minimum Gasteiger partial charge on any atom is -0.481 e. The maximum absolute atomic E-state index is 11.7. The summed E-state index contributed by atoms with van der Waals surface area (Å²) in [5.41, 5.74) is 0.499. The molecule has 3 heteroatoms. The van der Waals surface area contributed by atoms with Crippen LogP contribution < -0.4 is 0 Å². The molecule has 148 valence electrons. The van der Waals surface area contributed by atoms with Crippen LogP contribution in [0.5, 0.6) is 0 Å². The molecule has 0 unspecified atom stereocenters. The van der Waals surface area contributed by atoms with Gasteiger partial charge in [-0.25, -0.2) is 0 Å². The van der Waals surface area contributed by atoms with E-state index in [1.54, 1.807) is 0 Å². The highest BCUT2D eigenvalue weighted by molar-refractivity contribution is 5.70. The van der Waals surface area contributed by atoms with E-state index in [2.05, 4.69) is 20.8 Å². The predicted molar refractivity (Wildman–Crippen MR) is 103 cm³/mol. The van der Waals surface area contributed by atoms with Gasteiger partial charge in [0.05, 0.1) is 12.0 Å². The van der Waals surface area contributed by atoms with Gasteiger partial charge >= 0.3 is 5.97 Å². The van der Waals surface area contributed by atoms with Crippen LogP contribution in [0.4, 0.5) is 0 Å². The molecule has 0 amide bonds. The predicted octanol–water partition coefficient (Wildman–Crippen LogP) is 4.97. The fourth-order valence-corrected chi connectivity index (χ4v) is 8.47. The lowest BCUT2D eigenvalue weighted by Crippen LogP contribution is -2.58. The number of carbonyl (C=O) groups is 1. The first-order valence-corrected chi connectivity index (χ1v) is 11.1. The second-order valence-corrected chi connectivity index (χ2v) is 11.0. The van der Waals surface area contributed by atoms with E-state index in [0.717, 1.165) is 31.6 Å². The molecule has 4 aliphatic carbocycles. The summed E-state index contributed by atoms with van der Waals surface area (Å²) < 4.78 is 0. The molecule has 0 heterocycles. The van der Waals surface area contributed by atoms with Crippen LogP contribution in [0.3, 0.4) is 0 Å². The number of carboxylic acid groups (broad SMARTS) is 1. The van der Waals surface area contributed by atoms with E-state index in [4.69, 9.17) is 0 Å². The van der Waals surface area contributed by atoms with Gasteiger partial charge in [-0.3, -0.25) is 4.79 Å². The summed E-state index contributed by atoms with van der Waals surface area (Å²) in [4.78, 5) is 11.7. The molecule has 4 aliphatic rings. The van der Waals surface area contributed by atoms with E-state index in [0.29, 0.717) is 29.1 Å². The van der Waals surface area contributed by atoms with Crippen LogP contribution in [0, 0.1) is 52.3 Å². The van der Waals surface area contributed by atoms with E-state index >= 15 is 0 Å². The van der Waals surface area contributed by atoms with Gasteiger partial charge in [-0.15, -0.1) is 0 Å². The maximum Gasteiger partial charge on any atom is 0.306 e. The highest BCUT2D eigenvalue weighted by Crippen LogP contribution is 2.68. The van der Waals surface area contributed by atoms with Gasteiger partial charge in [-0.2, -0.15) is 0 Å². The molecule has 0 aromatic rings. The van der Waals surface area contributed by atoms with E-state index in [1.165, 1.54) is 25.7 Å². The van der Waals surface area contributed by atoms with Crippen molar-refractivity contribution >= 4 is 5.97 Å². The standard InChI is InChI=1S/C23H38O3/c1-13-7-9-22(3)15(11-13)12-19(24)20-17-6-5-16(14(2)21(25)26)23(17,4)10-8-18(20)22/h13-20,24H,5-12H2,1-4H3,(H,25,26)/t13-,14+,15+,16-,17+,18+,19-,20+,22+,23-/m1/s1. The first-order chi connectivity index (χ1) is 12.2. The van der Waals surface area contributed by atoms with Crippen molar-refractivity contribution in [1.29, 1.82) is 0 Å². The monoisotopic (exact) mass is 362 g/mol. The van der Waals surface area contributed by atoms with Crippen molar-refractivity contribution in [2.24, 2.45) is 52.3 Å². The van der Waals surface area contributed by atoms with E-state index < -0.39 is 5.97 Å². The van der Waals surface area contributed by atoms with E-state index in [9.17, 15) is 15.0 Å². The van der Waals surface area contributed by atoms with Crippen LogP contribution in [0.25, 0.3) is 0 Å². The minimum absolute atomic E-state index is 0.102. The molecule has 0 saturated heterocycles. The molecule has 4 saturated carbocycles. The third-order valence-corrected chi connectivity index (χ3v) is 10.0. The SMILES string of the molecule is C[C@@H]1CC[C@@]2(C)[C@@H](C1)C[C@@H](O)[C@@H]1[C@@H]2CC[C@]2(C)[C@@H]([C@H](C)C(=O)O)CC[C@@H]12. The van der Waals surface area contributed by atoms with Crippen molar-refractivity contribution in [3.8, 4) is 0 Å². The Kier molecular flexibility index (Phi) is 4.49. The van der Waals surface area contributed by atoms with Crippen LogP contribution >= 0.6 is 0 Å². The molecule has 4 fully saturated rings. The van der Waals surface area contributed by atoms with Crippen molar-refractivity contribution in [1.82, 2.24) is 0 Å². The Bertz CT molecular complexity index is 574. The maximum atomic E-state index is 11.7. The fourth-order valence-electron chi connectivity index (χ4n) is 8.47. The Labute approximate surface area is 158 Å². The van der Waals surface area contributed by atoms with Crippen molar-refractivity contribution in [3.63, 3.8) is 0 Å². The third-order valence-electron chi connectivity index (χ3n) is 10.0. The molecular weight excluding hydrogens is 324 g/mol. The second kappa shape index (κ2) is 6.22. The van der Waals surface area contributed by atoms with Crippen LogP contribution in [0.15, 0.2) is 0 Å². The fraction of sp³-hybridized carbons (Fsp3) is 0.957. The zero-order valence-electron chi connectivity index (χ0n) is 17.1. The molecule has 26 heavy (non-hydrogen) atoms. The van der Waals surface area contributed by atoms with Crippen molar-refractivity contribution in [3.05, 3.63) is 0 Å². The number of aliphatic hydroxyl groups is 1. The highest BCUT2D eigenvalue weighted by Gasteiger charge is 2.63. The average Bonchev–Trinajstić information content (AvgIpc) is 2.93. The Morgan fingerprint density at radius 1 is 1.00 bits per heavy atom. The van der Waals surface area contributed by atoms with Gasteiger partial charge in [-0.1, -0.05) is 34.1 Å². The van der Waals surface area contributed by atoms with E-state index in [-0.39, 0.29) is 23.4 Å². The summed E-state index contributed by atoms with van der Waals surface area (Å²) in [6.07, 6.45) is 9.26. The molecular formula is C23H38O3. The van der Waals surface area contributed by atoms with Crippen LogP contribution in [-0.2, 0) is 4.79 Å². The molecule has 0 aliphatic heterocycles. The lowest BCUT2D eigenvalue weighted by molar-refractivity contribution is -0.171. The topological polar surface area (TPSA) is 57.5 Å². The third kappa shape index (κ3) is 2.52. The number of aliphatic carboxylic acids is 1. The summed E-state index contributed by atoms with van der Waals surface area (Å²) in [7, 11) is 0.